The van der Waals surface area contributed by atoms with Crippen molar-refractivity contribution in [3.05, 3.63) is 34.1 Å². The summed E-state index contributed by atoms with van der Waals surface area (Å²) in [5, 5.41) is 3.21. The Bertz CT molecular complexity index is 326. The first-order valence-corrected chi connectivity index (χ1v) is 5.34. The minimum atomic E-state index is -0.239. The van der Waals surface area contributed by atoms with Gasteiger partial charge in [-0.2, -0.15) is 0 Å². The SMILES string of the molecule is Fc1cccc([C@H]2CNCCO2)c1Br. The van der Waals surface area contributed by atoms with Gasteiger partial charge in [0.15, 0.2) is 0 Å². The van der Waals surface area contributed by atoms with Crippen LogP contribution in [-0.2, 0) is 4.74 Å². The number of hydrogen-bond donors (Lipinski definition) is 1. The fourth-order valence-corrected chi connectivity index (χ4v) is 2.05. The average Bonchev–Trinajstić information content (AvgIpc) is 2.23. The third-order valence-corrected chi connectivity index (χ3v) is 3.09. The van der Waals surface area contributed by atoms with Crippen LogP contribution in [-0.4, -0.2) is 19.7 Å². The third kappa shape index (κ3) is 1.97. The van der Waals surface area contributed by atoms with E-state index in [1.54, 1.807) is 6.07 Å². The van der Waals surface area contributed by atoms with E-state index >= 15 is 0 Å². The molecule has 1 heterocycles. The maximum Gasteiger partial charge on any atom is 0.137 e. The topological polar surface area (TPSA) is 21.3 Å². The second kappa shape index (κ2) is 4.38. The first kappa shape index (κ1) is 10.1. The summed E-state index contributed by atoms with van der Waals surface area (Å²) in [4.78, 5) is 0. The fraction of sp³-hybridized carbons (Fsp3) is 0.400. The lowest BCUT2D eigenvalue weighted by molar-refractivity contribution is 0.0270. The highest BCUT2D eigenvalue weighted by molar-refractivity contribution is 9.10. The van der Waals surface area contributed by atoms with E-state index in [0.717, 1.165) is 18.7 Å². The Kier molecular flexibility index (Phi) is 3.15. The van der Waals surface area contributed by atoms with E-state index < -0.39 is 0 Å². The zero-order valence-corrected chi connectivity index (χ0v) is 9.18. The van der Waals surface area contributed by atoms with Crippen LogP contribution in [0.4, 0.5) is 4.39 Å². The van der Waals surface area contributed by atoms with E-state index in [4.69, 9.17) is 4.74 Å². The monoisotopic (exact) mass is 259 g/mol. The third-order valence-electron chi connectivity index (χ3n) is 2.26. The van der Waals surface area contributed by atoms with Gasteiger partial charge in [0, 0.05) is 13.1 Å². The van der Waals surface area contributed by atoms with E-state index in [9.17, 15) is 4.39 Å². The normalized spacial score (nSPS) is 22.3. The predicted octanol–water partition coefficient (Wildman–Crippen LogP) is 2.25. The lowest BCUT2D eigenvalue weighted by Crippen LogP contribution is -2.33. The standard InChI is InChI=1S/C10H11BrFNO/c11-10-7(2-1-3-8(10)12)9-6-13-4-5-14-9/h1-3,9,13H,4-6H2/t9-/m1/s1. The van der Waals surface area contributed by atoms with Gasteiger partial charge < -0.3 is 10.1 Å². The maximum atomic E-state index is 13.2. The number of benzene rings is 1. The summed E-state index contributed by atoms with van der Waals surface area (Å²) >= 11 is 3.23. The Balaban J connectivity index is 2.26. The number of ether oxygens (including phenoxy) is 1. The van der Waals surface area contributed by atoms with Gasteiger partial charge in [-0.05, 0) is 27.6 Å². The Morgan fingerprint density at radius 3 is 3.07 bits per heavy atom. The molecule has 0 spiro atoms. The maximum absolute atomic E-state index is 13.2. The van der Waals surface area contributed by atoms with E-state index in [-0.39, 0.29) is 11.9 Å². The van der Waals surface area contributed by atoms with E-state index in [1.807, 2.05) is 6.07 Å². The molecule has 0 radical (unpaired) electrons. The number of nitrogens with one attached hydrogen (secondary N) is 1. The van der Waals surface area contributed by atoms with Gasteiger partial charge in [-0.25, -0.2) is 4.39 Å². The molecule has 2 nitrogen and oxygen atoms in total. The molecule has 4 heteroatoms. The second-order valence-corrected chi connectivity index (χ2v) is 4.00. The minimum Gasteiger partial charge on any atom is -0.371 e. The van der Waals surface area contributed by atoms with Crippen LogP contribution in [0.1, 0.15) is 11.7 Å². The quantitative estimate of drug-likeness (QED) is 0.836. The van der Waals surface area contributed by atoms with Crippen LogP contribution in [0.5, 0.6) is 0 Å². The van der Waals surface area contributed by atoms with Gasteiger partial charge in [0.1, 0.15) is 5.82 Å². The zero-order valence-electron chi connectivity index (χ0n) is 7.59. The summed E-state index contributed by atoms with van der Waals surface area (Å²) in [5.74, 6) is -0.239. The van der Waals surface area contributed by atoms with Gasteiger partial charge in [0.2, 0.25) is 0 Å². The highest BCUT2D eigenvalue weighted by Crippen LogP contribution is 2.28. The van der Waals surface area contributed by atoms with Crippen molar-refractivity contribution in [1.29, 1.82) is 0 Å². The van der Waals surface area contributed by atoms with Gasteiger partial charge in [-0.1, -0.05) is 12.1 Å². The lowest BCUT2D eigenvalue weighted by atomic mass is 10.1. The van der Waals surface area contributed by atoms with Gasteiger partial charge in [0.25, 0.3) is 0 Å². The van der Waals surface area contributed by atoms with E-state index in [1.165, 1.54) is 6.07 Å². The molecule has 1 aromatic carbocycles. The van der Waals surface area contributed by atoms with Crippen LogP contribution >= 0.6 is 15.9 Å². The Morgan fingerprint density at radius 1 is 1.50 bits per heavy atom. The number of hydrogen-bond acceptors (Lipinski definition) is 2. The van der Waals surface area contributed by atoms with E-state index in [2.05, 4.69) is 21.2 Å². The van der Waals surface area contributed by atoms with E-state index in [0.29, 0.717) is 11.1 Å². The summed E-state index contributed by atoms with van der Waals surface area (Å²) in [6.07, 6.45) is -0.0474. The molecule has 1 aromatic rings. The van der Waals surface area contributed by atoms with Crippen LogP contribution < -0.4 is 5.32 Å². The molecule has 1 fully saturated rings. The first-order chi connectivity index (χ1) is 6.79. The van der Waals surface area contributed by atoms with Crippen molar-refractivity contribution >= 4 is 15.9 Å². The Hall–Kier alpha value is -0.450. The number of halogens is 2. The lowest BCUT2D eigenvalue weighted by Gasteiger charge is -2.24. The summed E-state index contributed by atoms with van der Waals surface area (Å²) < 4.78 is 19.3. The molecular formula is C10H11BrFNO. The van der Waals surface area contributed by atoms with Crippen LogP contribution in [0, 0.1) is 5.82 Å². The van der Waals surface area contributed by atoms with Crippen molar-refractivity contribution in [3.8, 4) is 0 Å². The summed E-state index contributed by atoms with van der Waals surface area (Å²) in [6.45, 7) is 2.28. The van der Waals surface area contributed by atoms with Gasteiger partial charge in [-0.3, -0.25) is 0 Å². The Morgan fingerprint density at radius 2 is 2.36 bits per heavy atom. The molecule has 1 atom stereocenters. The molecule has 0 bridgehead atoms. The smallest absolute Gasteiger partial charge is 0.137 e. The molecule has 0 amide bonds. The highest BCUT2D eigenvalue weighted by Gasteiger charge is 2.19. The van der Waals surface area contributed by atoms with Crippen LogP contribution in [0.2, 0.25) is 0 Å². The molecule has 1 saturated heterocycles. The minimum absolute atomic E-state index is 0.0474. The highest BCUT2D eigenvalue weighted by atomic mass is 79.9. The molecule has 2 rings (SSSR count). The molecule has 1 aliphatic heterocycles. The second-order valence-electron chi connectivity index (χ2n) is 3.21. The Labute approximate surface area is 90.6 Å². The van der Waals surface area contributed by atoms with Gasteiger partial charge >= 0.3 is 0 Å². The molecule has 14 heavy (non-hydrogen) atoms. The van der Waals surface area contributed by atoms with Gasteiger partial charge in [0.05, 0.1) is 17.2 Å². The molecule has 0 aromatic heterocycles. The summed E-state index contributed by atoms with van der Waals surface area (Å²) in [7, 11) is 0. The first-order valence-electron chi connectivity index (χ1n) is 4.55. The van der Waals surface area contributed by atoms with Crippen LogP contribution in [0.15, 0.2) is 22.7 Å². The van der Waals surface area contributed by atoms with Crippen molar-refractivity contribution in [2.45, 2.75) is 6.10 Å². The zero-order chi connectivity index (χ0) is 9.97. The van der Waals surface area contributed by atoms with Crippen molar-refractivity contribution in [2.24, 2.45) is 0 Å². The van der Waals surface area contributed by atoms with Gasteiger partial charge in [-0.15, -0.1) is 0 Å². The molecule has 0 aliphatic carbocycles. The van der Waals surface area contributed by atoms with Crippen molar-refractivity contribution in [2.75, 3.05) is 19.7 Å². The van der Waals surface area contributed by atoms with Crippen molar-refractivity contribution in [3.63, 3.8) is 0 Å². The fourth-order valence-electron chi connectivity index (χ4n) is 1.53. The predicted molar refractivity (Wildman–Crippen MR) is 55.7 cm³/mol. The van der Waals surface area contributed by atoms with Crippen molar-refractivity contribution < 1.29 is 9.13 Å². The molecule has 76 valence electrons. The summed E-state index contributed by atoms with van der Waals surface area (Å²) in [5.41, 5.74) is 0.872. The molecule has 1 N–H and O–H groups in total. The molecule has 0 saturated carbocycles. The number of morpholine rings is 1. The summed E-state index contributed by atoms with van der Waals surface area (Å²) in [6, 6.07) is 5.02. The molecule has 0 unspecified atom stereocenters. The van der Waals surface area contributed by atoms with Crippen LogP contribution in [0.25, 0.3) is 0 Å². The van der Waals surface area contributed by atoms with Crippen LogP contribution in [0.3, 0.4) is 0 Å². The largest absolute Gasteiger partial charge is 0.371 e. The van der Waals surface area contributed by atoms with Crippen molar-refractivity contribution in [1.82, 2.24) is 5.32 Å². The molecule has 1 aliphatic rings. The number of rotatable bonds is 1. The molecular weight excluding hydrogens is 249 g/mol. The average molecular weight is 260 g/mol.